The van der Waals surface area contributed by atoms with E-state index in [-0.39, 0.29) is 36.8 Å². The molecule has 3 aromatic carbocycles. The number of alkyl carbamates (subject to hydrolysis) is 1. The standard InChI is InChI=1S/C34H39N3O5/c1-37(20-23-10-3-2-4-11-23)21-31(32(38)35-19-24-12-9-13-25(18-24)33(39)40)36-34(41)42-22-30-28-16-7-5-14-26(28)27-15-6-8-17-29(27)30/h2-8,10-11,14-17,24-25,30-31H,9,12-13,18-22H2,1H3,(H,35,38)(H,36,41)(H,39,40). The Morgan fingerprint density at radius 2 is 1.57 bits per heavy atom. The first-order valence-electron chi connectivity index (χ1n) is 14.7. The first-order valence-corrected chi connectivity index (χ1v) is 14.7. The maximum absolute atomic E-state index is 13.4. The van der Waals surface area contributed by atoms with Crippen LogP contribution in [0.2, 0.25) is 0 Å². The number of ether oxygens (including phenoxy) is 1. The van der Waals surface area contributed by atoms with E-state index in [4.69, 9.17) is 4.74 Å². The third kappa shape index (κ3) is 7.18. The quantitative estimate of drug-likeness (QED) is 0.299. The predicted octanol–water partition coefficient (Wildman–Crippen LogP) is 5.03. The first kappa shape index (κ1) is 29.3. The lowest BCUT2D eigenvalue weighted by molar-refractivity contribution is -0.143. The smallest absolute Gasteiger partial charge is 0.407 e. The Bertz CT molecular complexity index is 1350. The van der Waals surface area contributed by atoms with Gasteiger partial charge in [0.25, 0.3) is 0 Å². The molecule has 8 nitrogen and oxygen atoms in total. The molecule has 3 aromatic rings. The Kier molecular flexibility index (Phi) is 9.54. The SMILES string of the molecule is CN(Cc1ccccc1)CC(NC(=O)OCC1c2ccccc2-c2ccccc21)C(=O)NCC1CCCC(C(=O)O)C1. The predicted molar refractivity (Wildman–Crippen MR) is 161 cm³/mol. The molecular formula is C34H39N3O5. The van der Waals surface area contributed by atoms with E-state index in [1.807, 2.05) is 66.5 Å². The molecule has 5 rings (SSSR count). The molecule has 0 aliphatic heterocycles. The van der Waals surface area contributed by atoms with Gasteiger partial charge in [0.05, 0.1) is 5.92 Å². The largest absolute Gasteiger partial charge is 0.481 e. The van der Waals surface area contributed by atoms with Gasteiger partial charge in [0.2, 0.25) is 5.91 Å². The Morgan fingerprint density at radius 1 is 0.929 bits per heavy atom. The first-order chi connectivity index (χ1) is 20.4. The highest BCUT2D eigenvalue weighted by Crippen LogP contribution is 2.44. The van der Waals surface area contributed by atoms with E-state index in [2.05, 4.69) is 34.9 Å². The third-order valence-corrected chi connectivity index (χ3v) is 8.44. The fourth-order valence-corrected chi connectivity index (χ4v) is 6.32. The number of hydrogen-bond acceptors (Lipinski definition) is 5. The minimum Gasteiger partial charge on any atom is -0.481 e. The van der Waals surface area contributed by atoms with Crippen LogP contribution in [0.15, 0.2) is 78.9 Å². The zero-order chi connectivity index (χ0) is 29.5. The van der Waals surface area contributed by atoms with Crippen LogP contribution < -0.4 is 10.6 Å². The van der Waals surface area contributed by atoms with Crippen molar-refractivity contribution in [1.82, 2.24) is 15.5 Å². The number of fused-ring (bicyclic) bond motifs is 3. The van der Waals surface area contributed by atoms with Gasteiger partial charge in [-0.15, -0.1) is 0 Å². The summed E-state index contributed by atoms with van der Waals surface area (Å²) in [5.41, 5.74) is 5.64. The lowest BCUT2D eigenvalue weighted by Gasteiger charge is -2.28. The van der Waals surface area contributed by atoms with Gasteiger partial charge in [0.1, 0.15) is 12.6 Å². The summed E-state index contributed by atoms with van der Waals surface area (Å²) in [5.74, 6) is -1.43. The molecule has 8 heteroatoms. The van der Waals surface area contributed by atoms with Crippen molar-refractivity contribution in [2.75, 3.05) is 26.7 Å². The lowest BCUT2D eigenvalue weighted by Crippen LogP contribution is -2.53. The van der Waals surface area contributed by atoms with E-state index in [1.165, 1.54) is 0 Å². The summed E-state index contributed by atoms with van der Waals surface area (Å²) in [6, 6.07) is 25.4. The molecule has 0 bridgehead atoms. The molecular weight excluding hydrogens is 530 g/mol. The molecule has 0 spiro atoms. The monoisotopic (exact) mass is 569 g/mol. The van der Waals surface area contributed by atoms with Gasteiger partial charge < -0.3 is 20.5 Å². The van der Waals surface area contributed by atoms with Crippen molar-refractivity contribution in [1.29, 1.82) is 0 Å². The van der Waals surface area contributed by atoms with E-state index in [1.54, 1.807) is 0 Å². The molecule has 42 heavy (non-hydrogen) atoms. The number of rotatable bonds is 11. The normalized spacial score (nSPS) is 18.5. The number of amides is 2. The number of carboxylic acids is 1. The number of aliphatic carboxylic acids is 1. The van der Waals surface area contributed by atoms with Gasteiger partial charge in [-0.05, 0) is 60.0 Å². The van der Waals surface area contributed by atoms with Crippen molar-refractivity contribution in [3.8, 4) is 11.1 Å². The highest BCUT2D eigenvalue weighted by atomic mass is 16.5. The minimum absolute atomic E-state index is 0.0790. The van der Waals surface area contributed by atoms with Crippen molar-refractivity contribution in [2.24, 2.45) is 11.8 Å². The molecule has 3 unspecified atom stereocenters. The molecule has 2 aliphatic carbocycles. The third-order valence-electron chi connectivity index (χ3n) is 8.44. The van der Waals surface area contributed by atoms with E-state index >= 15 is 0 Å². The summed E-state index contributed by atoms with van der Waals surface area (Å²) < 4.78 is 5.74. The Morgan fingerprint density at radius 3 is 2.24 bits per heavy atom. The molecule has 0 aromatic heterocycles. The zero-order valence-electron chi connectivity index (χ0n) is 24.0. The minimum atomic E-state index is -0.840. The van der Waals surface area contributed by atoms with Gasteiger partial charge in [0, 0.05) is 25.6 Å². The second-order valence-electron chi connectivity index (χ2n) is 11.5. The van der Waals surface area contributed by atoms with Crippen molar-refractivity contribution >= 4 is 18.0 Å². The number of hydrogen-bond donors (Lipinski definition) is 3. The van der Waals surface area contributed by atoms with Crippen LogP contribution >= 0.6 is 0 Å². The topological polar surface area (TPSA) is 108 Å². The molecule has 0 heterocycles. The number of nitrogens with one attached hydrogen (secondary N) is 2. The van der Waals surface area contributed by atoms with Crippen molar-refractivity contribution in [3.05, 3.63) is 95.6 Å². The van der Waals surface area contributed by atoms with Crippen molar-refractivity contribution in [2.45, 2.75) is 44.2 Å². The summed E-state index contributed by atoms with van der Waals surface area (Å²) in [6.07, 6.45) is 2.29. The summed E-state index contributed by atoms with van der Waals surface area (Å²) in [4.78, 5) is 40.0. The summed E-state index contributed by atoms with van der Waals surface area (Å²) in [7, 11) is 1.91. The summed E-state index contributed by atoms with van der Waals surface area (Å²) in [6.45, 7) is 1.44. The highest BCUT2D eigenvalue weighted by molar-refractivity contribution is 5.86. The van der Waals surface area contributed by atoms with Crippen LogP contribution in [0.3, 0.4) is 0 Å². The molecule has 3 N–H and O–H groups in total. The van der Waals surface area contributed by atoms with Gasteiger partial charge in [-0.2, -0.15) is 0 Å². The van der Waals surface area contributed by atoms with Crippen molar-refractivity contribution < 1.29 is 24.2 Å². The van der Waals surface area contributed by atoms with Gasteiger partial charge >= 0.3 is 12.1 Å². The van der Waals surface area contributed by atoms with Crippen LogP contribution in [0.5, 0.6) is 0 Å². The zero-order valence-corrected chi connectivity index (χ0v) is 24.0. The van der Waals surface area contributed by atoms with Crippen LogP contribution in [0.25, 0.3) is 11.1 Å². The van der Waals surface area contributed by atoms with Crippen molar-refractivity contribution in [3.63, 3.8) is 0 Å². The maximum atomic E-state index is 13.4. The lowest BCUT2D eigenvalue weighted by atomic mass is 9.81. The van der Waals surface area contributed by atoms with E-state index in [0.717, 1.165) is 40.7 Å². The van der Waals surface area contributed by atoms with Crippen LogP contribution in [-0.2, 0) is 20.9 Å². The number of carboxylic acid groups (broad SMARTS) is 1. The molecule has 1 saturated carbocycles. The number of benzene rings is 3. The second kappa shape index (κ2) is 13.7. The van der Waals surface area contributed by atoms with Crippen LogP contribution in [-0.4, -0.2) is 60.8 Å². The van der Waals surface area contributed by atoms with E-state index < -0.39 is 18.1 Å². The number of likely N-dealkylation sites (N-methyl/N-ethyl adjacent to an activating group) is 1. The van der Waals surface area contributed by atoms with Crippen LogP contribution in [0, 0.1) is 11.8 Å². The number of nitrogens with zero attached hydrogens (tertiary/aromatic N) is 1. The Balaban J connectivity index is 1.22. The van der Waals surface area contributed by atoms with E-state index in [0.29, 0.717) is 25.9 Å². The summed E-state index contributed by atoms with van der Waals surface area (Å²) >= 11 is 0. The fourth-order valence-electron chi connectivity index (χ4n) is 6.32. The molecule has 2 amide bonds. The molecule has 0 saturated heterocycles. The second-order valence-corrected chi connectivity index (χ2v) is 11.5. The van der Waals surface area contributed by atoms with Gasteiger partial charge in [0.15, 0.2) is 0 Å². The molecule has 3 atom stereocenters. The number of carbonyl (C=O) groups excluding carboxylic acids is 2. The highest BCUT2D eigenvalue weighted by Gasteiger charge is 2.31. The van der Waals surface area contributed by atoms with Gasteiger partial charge in [-0.1, -0.05) is 85.3 Å². The Hall–Kier alpha value is -4.17. The van der Waals surface area contributed by atoms with Crippen LogP contribution in [0.1, 0.15) is 48.3 Å². The van der Waals surface area contributed by atoms with Gasteiger partial charge in [-0.25, -0.2) is 4.79 Å². The molecule has 2 aliphatic rings. The average Bonchev–Trinajstić information content (AvgIpc) is 3.32. The molecule has 1 fully saturated rings. The molecule has 0 radical (unpaired) electrons. The summed E-state index contributed by atoms with van der Waals surface area (Å²) in [5, 5.41) is 15.2. The average molecular weight is 570 g/mol. The van der Waals surface area contributed by atoms with Crippen LogP contribution in [0.4, 0.5) is 4.79 Å². The van der Waals surface area contributed by atoms with Gasteiger partial charge in [-0.3, -0.25) is 14.5 Å². The molecule has 220 valence electrons. The fraction of sp³-hybridized carbons (Fsp3) is 0.382. The number of carbonyl (C=O) groups is 3. The maximum Gasteiger partial charge on any atom is 0.407 e. The Labute approximate surface area is 247 Å². The van der Waals surface area contributed by atoms with E-state index in [9.17, 15) is 19.5 Å².